The van der Waals surface area contributed by atoms with Crippen molar-refractivity contribution in [3.63, 3.8) is 0 Å². The van der Waals surface area contributed by atoms with Crippen LogP contribution in [0, 0.1) is 6.92 Å². The molecule has 106 valence electrons. The molecule has 0 aliphatic heterocycles. The summed E-state index contributed by atoms with van der Waals surface area (Å²) in [6, 6.07) is 7.47. The maximum absolute atomic E-state index is 12.4. The number of benzene rings is 1. The number of carbonyl (C=O) groups excluding carboxylic acids is 1. The van der Waals surface area contributed by atoms with Crippen LogP contribution in [0.2, 0.25) is 0 Å². The van der Waals surface area contributed by atoms with E-state index in [9.17, 15) is 4.79 Å². The van der Waals surface area contributed by atoms with Gasteiger partial charge in [-0.15, -0.1) is 16.4 Å². The number of rotatable bonds is 3. The maximum Gasteiger partial charge on any atom is 0.267 e. The third kappa shape index (κ3) is 2.86. The average molecular weight is 364 g/mol. The molecule has 0 bridgehead atoms. The Morgan fingerprint density at radius 1 is 1.38 bits per heavy atom. The molecule has 2 aromatic heterocycles. The maximum atomic E-state index is 12.4. The van der Waals surface area contributed by atoms with Gasteiger partial charge in [0.1, 0.15) is 11.2 Å². The first-order chi connectivity index (χ1) is 10.1. The molecule has 21 heavy (non-hydrogen) atoms. The van der Waals surface area contributed by atoms with Gasteiger partial charge in [-0.05, 0) is 52.6 Å². The minimum absolute atomic E-state index is 0.183. The number of hydrogen-bond acceptors (Lipinski definition) is 5. The fourth-order valence-electron chi connectivity index (χ4n) is 1.83. The highest BCUT2D eigenvalue weighted by Crippen LogP contribution is 2.24. The van der Waals surface area contributed by atoms with Crippen LogP contribution >= 0.6 is 27.3 Å². The van der Waals surface area contributed by atoms with Crippen LogP contribution in [0.25, 0.3) is 5.69 Å². The summed E-state index contributed by atoms with van der Waals surface area (Å²) in [4.78, 5) is 13.0. The number of thiophene rings is 1. The summed E-state index contributed by atoms with van der Waals surface area (Å²) in [6.07, 6.45) is 1.46. The molecule has 0 unspecified atom stereocenters. The molecule has 3 aromatic rings. The molecule has 0 aliphatic carbocycles. The lowest BCUT2D eigenvalue weighted by Crippen LogP contribution is -2.13. The summed E-state index contributed by atoms with van der Waals surface area (Å²) in [5, 5.41) is 15.7. The number of halogens is 1. The second kappa shape index (κ2) is 5.74. The number of amides is 1. The van der Waals surface area contributed by atoms with Gasteiger partial charge in [0, 0.05) is 10.2 Å². The first-order valence-electron chi connectivity index (χ1n) is 6.03. The van der Waals surface area contributed by atoms with Gasteiger partial charge in [-0.3, -0.25) is 4.79 Å². The summed E-state index contributed by atoms with van der Waals surface area (Å²) >= 11 is 4.78. The van der Waals surface area contributed by atoms with Gasteiger partial charge in [0.15, 0.2) is 0 Å². The van der Waals surface area contributed by atoms with Gasteiger partial charge in [-0.2, -0.15) is 4.68 Å². The molecule has 1 N–H and O–H groups in total. The Bertz CT molecular complexity index is 784. The van der Waals surface area contributed by atoms with Crippen LogP contribution in [0.5, 0.6) is 0 Å². The Morgan fingerprint density at radius 2 is 2.24 bits per heavy atom. The van der Waals surface area contributed by atoms with Crippen molar-refractivity contribution in [1.29, 1.82) is 0 Å². The third-order valence-corrected chi connectivity index (χ3v) is 4.65. The zero-order valence-electron chi connectivity index (χ0n) is 10.9. The Balaban J connectivity index is 1.86. The molecular formula is C13H10BrN5OS. The predicted octanol–water partition coefficient (Wildman–Crippen LogP) is 3.05. The van der Waals surface area contributed by atoms with Gasteiger partial charge in [0.25, 0.3) is 5.91 Å². The lowest BCUT2D eigenvalue weighted by molar-refractivity contribution is 0.103. The van der Waals surface area contributed by atoms with Crippen molar-refractivity contribution >= 4 is 38.9 Å². The highest BCUT2D eigenvalue weighted by atomic mass is 79.9. The van der Waals surface area contributed by atoms with Crippen molar-refractivity contribution in [1.82, 2.24) is 20.2 Å². The lowest BCUT2D eigenvalue weighted by Gasteiger charge is -2.07. The summed E-state index contributed by atoms with van der Waals surface area (Å²) in [7, 11) is 0. The van der Waals surface area contributed by atoms with Crippen molar-refractivity contribution in [3.05, 3.63) is 50.9 Å². The van der Waals surface area contributed by atoms with Crippen LogP contribution in [0.1, 0.15) is 15.2 Å². The van der Waals surface area contributed by atoms with E-state index in [1.54, 1.807) is 0 Å². The van der Waals surface area contributed by atoms with Gasteiger partial charge >= 0.3 is 0 Å². The number of carbonyl (C=O) groups is 1. The van der Waals surface area contributed by atoms with Gasteiger partial charge in [-0.1, -0.05) is 15.9 Å². The van der Waals surface area contributed by atoms with Gasteiger partial charge < -0.3 is 5.32 Å². The molecule has 0 spiro atoms. The molecule has 6 nitrogen and oxygen atoms in total. The highest BCUT2D eigenvalue weighted by molar-refractivity contribution is 9.10. The van der Waals surface area contributed by atoms with Crippen LogP contribution < -0.4 is 5.32 Å². The van der Waals surface area contributed by atoms with Crippen molar-refractivity contribution in [2.75, 3.05) is 5.32 Å². The Labute approximate surface area is 132 Å². The van der Waals surface area contributed by atoms with Crippen LogP contribution in [0.15, 0.2) is 40.4 Å². The van der Waals surface area contributed by atoms with E-state index in [-0.39, 0.29) is 5.91 Å². The lowest BCUT2D eigenvalue weighted by atomic mass is 10.2. The van der Waals surface area contributed by atoms with Crippen molar-refractivity contribution in [2.24, 2.45) is 0 Å². The minimum Gasteiger partial charge on any atom is -0.321 e. The van der Waals surface area contributed by atoms with E-state index >= 15 is 0 Å². The SMILES string of the molecule is Cc1cc(NC(=O)c2sccc2-n2cnnn2)ccc1Br. The molecule has 0 saturated carbocycles. The van der Waals surface area contributed by atoms with Crippen molar-refractivity contribution in [3.8, 4) is 5.69 Å². The fraction of sp³-hybridized carbons (Fsp3) is 0.0769. The molecule has 2 heterocycles. The monoisotopic (exact) mass is 363 g/mol. The van der Waals surface area contributed by atoms with Gasteiger partial charge in [0.05, 0.1) is 5.69 Å². The molecule has 0 fully saturated rings. The topological polar surface area (TPSA) is 72.7 Å². The Hall–Kier alpha value is -2.06. The summed E-state index contributed by atoms with van der Waals surface area (Å²) in [5.74, 6) is -0.183. The molecule has 1 amide bonds. The van der Waals surface area contributed by atoms with Gasteiger partial charge in [-0.25, -0.2) is 0 Å². The van der Waals surface area contributed by atoms with E-state index in [0.29, 0.717) is 10.6 Å². The molecule has 8 heteroatoms. The van der Waals surface area contributed by atoms with Crippen LogP contribution in [-0.2, 0) is 0 Å². The highest BCUT2D eigenvalue weighted by Gasteiger charge is 2.16. The van der Waals surface area contributed by atoms with E-state index in [1.165, 1.54) is 22.3 Å². The molecule has 0 atom stereocenters. The quantitative estimate of drug-likeness (QED) is 0.775. The van der Waals surface area contributed by atoms with Crippen molar-refractivity contribution in [2.45, 2.75) is 6.92 Å². The molecule has 0 saturated heterocycles. The van der Waals surface area contributed by atoms with E-state index in [2.05, 4.69) is 36.8 Å². The van der Waals surface area contributed by atoms with Crippen LogP contribution in [-0.4, -0.2) is 26.1 Å². The van der Waals surface area contributed by atoms with E-state index in [4.69, 9.17) is 0 Å². The molecule has 3 rings (SSSR count). The number of anilines is 1. The fourth-order valence-corrected chi connectivity index (χ4v) is 2.85. The number of nitrogens with zero attached hydrogens (tertiary/aromatic N) is 4. The third-order valence-electron chi connectivity index (χ3n) is 2.86. The normalized spacial score (nSPS) is 10.6. The minimum atomic E-state index is -0.183. The zero-order valence-corrected chi connectivity index (χ0v) is 13.3. The Morgan fingerprint density at radius 3 is 2.95 bits per heavy atom. The second-order valence-electron chi connectivity index (χ2n) is 4.31. The molecule has 1 aromatic carbocycles. The number of nitrogens with one attached hydrogen (secondary N) is 1. The standard InChI is InChI=1S/C13H10BrN5OS/c1-8-6-9(2-3-10(8)14)16-13(20)12-11(4-5-21-12)19-7-15-17-18-19/h2-7H,1H3,(H,16,20). The number of tetrazole rings is 1. The van der Waals surface area contributed by atoms with Gasteiger partial charge in [0.2, 0.25) is 0 Å². The zero-order chi connectivity index (χ0) is 14.8. The number of hydrogen-bond donors (Lipinski definition) is 1. The summed E-state index contributed by atoms with van der Waals surface area (Å²) in [6.45, 7) is 1.97. The Kier molecular flexibility index (Phi) is 3.80. The van der Waals surface area contributed by atoms with Crippen molar-refractivity contribution < 1.29 is 4.79 Å². The number of aryl methyl sites for hydroxylation is 1. The predicted molar refractivity (Wildman–Crippen MR) is 83.9 cm³/mol. The average Bonchev–Trinajstić information content (AvgIpc) is 3.12. The largest absolute Gasteiger partial charge is 0.321 e. The van der Waals surface area contributed by atoms with E-state index in [0.717, 1.165) is 15.7 Å². The smallest absolute Gasteiger partial charge is 0.267 e. The van der Waals surface area contributed by atoms with Crippen LogP contribution in [0.3, 0.4) is 0 Å². The first-order valence-corrected chi connectivity index (χ1v) is 7.71. The molecular weight excluding hydrogens is 354 g/mol. The molecule has 0 aliphatic rings. The second-order valence-corrected chi connectivity index (χ2v) is 6.08. The first kappa shape index (κ1) is 13.9. The summed E-state index contributed by atoms with van der Waals surface area (Å²) < 4.78 is 2.48. The molecule has 0 radical (unpaired) electrons. The van der Waals surface area contributed by atoms with E-state index in [1.807, 2.05) is 36.6 Å². The number of aromatic nitrogens is 4. The van der Waals surface area contributed by atoms with Crippen LogP contribution in [0.4, 0.5) is 5.69 Å². The summed E-state index contributed by atoms with van der Waals surface area (Å²) in [5.41, 5.74) is 2.47. The van der Waals surface area contributed by atoms with E-state index < -0.39 is 0 Å².